The molecule has 0 bridgehead atoms. The Kier molecular flexibility index (Phi) is 12.5. The van der Waals surface area contributed by atoms with E-state index in [4.69, 9.17) is 12.3 Å². The first-order valence-corrected chi connectivity index (χ1v) is 21.8. The molecular formula is C60H72N4+4. The molecule has 4 aromatic heterocycles. The van der Waals surface area contributed by atoms with E-state index in [0.717, 1.165) is 16.8 Å². The van der Waals surface area contributed by atoms with Gasteiger partial charge < -0.3 is 0 Å². The highest BCUT2D eigenvalue weighted by Crippen LogP contribution is 2.26. The Bertz CT molecular complexity index is 3200. The molecule has 0 amide bonds. The normalized spacial score (nSPS) is 13.2. The summed E-state index contributed by atoms with van der Waals surface area (Å²) >= 11 is 0. The first-order chi connectivity index (χ1) is 34.0. The van der Waals surface area contributed by atoms with Crippen molar-refractivity contribution >= 4 is 0 Å². The molecule has 8 aromatic rings. The molecule has 0 spiro atoms. The van der Waals surface area contributed by atoms with Crippen LogP contribution in [0.25, 0.3) is 45.0 Å². The maximum absolute atomic E-state index is 7.71. The average molecular weight is 858 g/mol. The minimum Gasteiger partial charge on any atom is -0.201 e. The molecule has 0 aliphatic heterocycles. The van der Waals surface area contributed by atoms with E-state index in [2.05, 4.69) is 164 Å². The summed E-state index contributed by atoms with van der Waals surface area (Å²) in [7, 11) is 7.72. The molecule has 0 aliphatic rings. The Balaban J connectivity index is 0.000000182. The van der Waals surface area contributed by atoms with Crippen molar-refractivity contribution in [1.82, 2.24) is 0 Å². The lowest BCUT2D eigenvalue weighted by Gasteiger charge is -2.07. The molecule has 4 heteroatoms. The molecule has 0 atom stereocenters. The van der Waals surface area contributed by atoms with Crippen molar-refractivity contribution in [2.24, 2.45) is 28.2 Å². The Labute approximate surface area is 398 Å². The summed E-state index contributed by atoms with van der Waals surface area (Å²) in [6, 6.07) is 44.1. The number of hydrogen-bond donors (Lipinski definition) is 0. The molecule has 0 unspecified atom stereocenters. The summed E-state index contributed by atoms with van der Waals surface area (Å²) in [6.07, 6.45) is 3.86. The summed E-state index contributed by atoms with van der Waals surface area (Å²) in [6.45, 7) is 12.0. The molecule has 4 aromatic carbocycles. The van der Waals surface area contributed by atoms with Crippen LogP contribution in [0, 0.1) is 82.9 Å². The zero-order valence-electron chi connectivity index (χ0n) is 49.1. The van der Waals surface area contributed by atoms with Gasteiger partial charge in [0.05, 0.1) is 5.56 Å². The van der Waals surface area contributed by atoms with E-state index in [1.807, 2.05) is 54.9 Å². The molecular weight excluding hydrogens is 777 g/mol. The molecule has 0 fully saturated rings. The van der Waals surface area contributed by atoms with Crippen molar-refractivity contribution in [1.29, 1.82) is 0 Å². The lowest BCUT2D eigenvalue weighted by molar-refractivity contribution is -0.667. The van der Waals surface area contributed by atoms with E-state index in [-0.39, 0.29) is 11.3 Å². The monoisotopic (exact) mass is 858 g/mol. The van der Waals surface area contributed by atoms with Gasteiger partial charge in [0.15, 0.2) is 23.8 Å². The molecule has 328 valence electrons. The second-order valence-corrected chi connectivity index (χ2v) is 16.9. The zero-order chi connectivity index (χ0) is 54.3. The topological polar surface area (TPSA) is 15.5 Å². The predicted octanol–water partition coefficient (Wildman–Crippen LogP) is 12.4. The largest absolute Gasteiger partial charge is 0.215 e. The van der Waals surface area contributed by atoms with Crippen LogP contribution >= 0.6 is 0 Å². The van der Waals surface area contributed by atoms with Gasteiger partial charge in [0.25, 0.3) is 0 Å². The predicted molar refractivity (Wildman–Crippen MR) is 269 cm³/mol. The van der Waals surface area contributed by atoms with Gasteiger partial charge in [-0.2, -0.15) is 9.13 Å². The summed E-state index contributed by atoms with van der Waals surface area (Å²) in [5.74, 6) is 0. The van der Waals surface area contributed by atoms with Gasteiger partial charge in [0.1, 0.15) is 28.2 Å². The molecule has 0 saturated heterocycles. The van der Waals surface area contributed by atoms with E-state index in [0.29, 0.717) is 11.3 Å². The van der Waals surface area contributed by atoms with Gasteiger partial charge in [-0.25, -0.2) is 9.13 Å². The fourth-order valence-electron chi connectivity index (χ4n) is 8.22. The number of aryl methyl sites for hydroxylation is 12. The molecule has 8 rings (SSSR count). The number of benzene rings is 4. The quantitative estimate of drug-likeness (QED) is 0.157. The van der Waals surface area contributed by atoms with Crippen LogP contribution in [0.2, 0.25) is 0 Å². The molecule has 0 aliphatic carbocycles. The Morgan fingerprint density at radius 3 is 1.30 bits per heavy atom. The number of nitrogens with zero attached hydrogens (tertiary/aromatic N) is 4. The first kappa shape index (κ1) is 36.9. The highest BCUT2D eigenvalue weighted by Gasteiger charge is 2.18. The Hall–Kier alpha value is -6.52. The third-order valence-electron chi connectivity index (χ3n) is 12.0. The van der Waals surface area contributed by atoms with Gasteiger partial charge in [-0.3, -0.25) is 0 Å². The van der Waals surface area contributed by atoms with Crippen LogP contribution in [0.3, 0.4) is 0 Å². The van der Waals surface area contributed by atoms with Crippen molar-refractivity contribution in [2.75, 3.05) is 0 Å². The van der Waals surface area contributed by atoms with Crippen LogP contribution in [-0.2, 0) is 28.2 Å². The van der Waals surface area contributed by atoms with E-state index < -0.39 is 20.6 Å². The highest BCUT2D eigenvalue weighted by molar-refractivity contribution is 5.66. The molecule has 0 saturated carbocycles. The third kappa shape index (κ3) is 11.5. The van der Waals surface area contributed by atoms with Crippen molar-refractivity contribution in [3.63, 3.8) is 0 Å². The van der Waals surface area contributed by atoms with Crippen LogP contribution in [0.1, 0.15) is 79.4 Å². The second-order valence-electron chi connectivity index (χ2n) is 16.9. The number of rotatable bonds is 4. The third-order valence-corrected chi connectivity index (χ3v) is 12.0. The standard InChI is InChI=1S/4C15H18N/c1-11-8-9-14(16(4)10-11)15-12(2)6-5-7-13(15)3;1-11-9-13(3)15(16(4)10-11)14-8-6-5-7-12(14)2;2*1-11-9-10-15(16(4)13(11)3)14-8-6-5-7-12(14)2/h4*5-10H,1-4H3/q4*+1/i1D3;;1D3,3D3;. The maximum Gasteiger partial charge on any atom is 0.215 e. The SMILES string of the molecule is Cc1cc(C)c(-c2ccccc2C)[n+](C)c1.Cc1ccccc1-c1ccc(C)c(C)[n+]1C.[2H]C([2H])([2H])c1ccc(-c2c(C)cccc2C)[n+](C)c1.[2H]C([2H])([2H])c1ccc(-c2ccccc2C)[n+](C)c1C([2H])([2H])[2H]. The Morgan fingerprint density at radius 1 is 0.344 bits per heavy atom. The van der Waals surface area contributed by atoms with E-state index in [1.165, 1.54) is 83.3 Å². The van der Waals surface area contributed by atoms with E-state index in [1.54, 1.807) is 25.4 Å². The number of hydrogen-bond acceptors (Lipinski definition) is 0. The molecule has 0 radical (unpaired) electrons. The molecule has 64 heavy (non-hydrogen) atoms. The van der Waals surface area contributed by atoms with Gasteiger partial charge in [0.2, 0.25) is 22.8 Å². The van der Waals surface area contributed by atoms with Crippen molar-refractivity contribution in [3.05, 3.63) is 213 Å². The molecule has 4 heterocycles. The Morgan fingerprint density at radius 2 is 0.812 bits per heavy atom. The van der Waals surface area contributed by atoms with E-state index >= 15 is 0 Å². The van der Waals surface area contributed by atoms with Gasteiger partial charge in [-0.1, -0.05) is 72.8 Å². The van der Waals surface area contributed by atoms with Gasteiger partial charge in [0, 0.05) is 88.8 Å². The number of aromatic nitrogens is 4. The zero-order valence-corrected chi connectivity index (χ0v) is 40.1. The van der Waals surface area contributed by atoms with Crippen molar-refractivity contribution in [2.45, 2.75) is 82.9 Å². The van der Waals surface area contributed by atoms with Gasteiger partial charge in [-0.15, -0.1) is 0 Å². The van der Waals surface area contributed by atoms with Crippen molar-refractivity contribution < 1.29 is 30.6 Å². The summed E-state index contributed by atoms with van der Waals surface area (Å²) in [5.41, 5.74) is 20.4. The van der Waals surface area contributed by atoms with Crippen LogP contribution in [0.15, 0.2) is 146 Å². The maximum atomic E-state index is 7.71. The highest BCUT2D eigenvalue weighted by atomic mass is 15.0. The minimum absolute atomic E-state index is 0.132. The average Bonchev–Trinajstić information content (AvgIpc) is 3.29. The fourth-order valence-corrected chi connectivity index (χ4v) is 8.22. The van der Waals surface area contributed by atoms with Crippen LogP contribution in [0.4, 0.5) is 0 Å². The van der Waals surface area contributed by atoms with Gasteiger partial charge >= 0.3 is 0 Å². The van der Waals surface area contributed by atoms with Gasteiger partial charge in [-0.05, 0) is 139 Å². The summed E-state index contributed by atoms with van der Waals surface area (Å²) in [4.78, 5) is 0. The number of pyridine rings is 4. The first-order valence-electron chi connectivity index (χ1n) is 26.3. The minimum atomic E-state index is -2.50. The molecule has 4 nitrogen and oxygen atoms in total. The lowest BCUT2D eigenvalue weighted by atomic mass is 9.99. The van der Waals surface area contributed by atoms with Crippen LogP contribution < -0.4 is 18.3 Å². The van der Waals surface area contributed by atoms with Crippen LogP contribution in [0.5, 0.6) is 0 Å². The second kappa shape index (κ2) is 21.7. The van der Waals surface area contributed by atoms with Crippen LogP contribution in [-0.4, -0.2) is 0 Å². The lowest BCUT2D eigenvalue weighted by Crippen LogP contribution is -2.35. The summed E-state index contributed by atoms with van der Waals surface area (Å²) in [5, 5.41) is 0. The van der Waals surface area contributed by atoms with E-state index in [9.17, 15) is 0 Å². The van der Waals surface area contributed by atoms with Crippen molar-refractivity contribution in [3.8, 4) is 45.0 Å². The summed E-state index contributed by atoms with van der Waals surface area (Å²) < 4.78 is 76.0. The smallest absolute Gasteiger partial charge is 0.201 e. The molecule has 0 N–H and O–H groups in total. The fraction of sp³-hybridized carbons (Fsp3) is 0.267.